The first-order valence-electron chi connectivity index (χ1n) is 13.4. The summed E-state index contributed by atoms with van der Waals surface area (Å²) in [4.78, 5) is 44.0. The quantitative estimate of drug-likeness (QED) is 0.405. The molecule has 0 saturated carbocycles. The second-order valence-corrected chi connectivity index (χ2v) is 13.0. The van der Waals surface area contributed by atoms with E-state index >= 15 is 4.39 Å². The minimum Gasteiger partial charge on any atom is -0.366 e. The van der Waals surface area contributed by atoms with E-state index in [2.05, 4.69) is 26.1 Å². The first-order valence-corrected chi connectivity index (χ1v) is 14.1. The van der Waals surface area contributed by atoms with Crippen molar-refractivity contribution >= 4 is 52.3 Å². The van der Waals surface area contributed by atoms with E-state index in [0.29, 0.717) is 33.9 Å². The van der Waals surface area contributed by atoms with E-state index in [4.69, 9.17) is 28.9 Å². The van der Waals surface area contributed by atoms with Gasteiger partial charge in [-0.2, -0.15) is 0 Å². The van der Waals surface area contributed by atoms with Crippen LogP contribution in [0.25, 0.3) is 0 Å². The number of anilines is 2. The molecule has 0 radical (unpaired) electrons. The molecule has 7 nitrogen and oxygen atoms in total. The van der Waals surface area contributed by atoms with Crippen molar-refractivity contribution in [2.45, 2.75) is 50.6 Å². The van der Waals surface area contributed by atoms with E-state index in [9.17, 15) is 14.4 Å². The normalized spacial score (nSPS) is 25.5. The van der Waals surface area contributed by atoms with Gasteiger partial charge < -0.3 is 11.1 Å². The van der Waals surface area contributed by atoms with Crippen LogP contribution in [0.1, 0.15) is 54.6 Å². The Balaban J connectivity index is 1.59. The molecule has 2 fully saturated rings. The number of rotatable bonds is 4. The summed E-state index contributed by atoms with van der Waals surface area (Å²) in [5, 5.41) is 3.39. The summed E-state index contributed by atoms with van der Waals surface area (Å²) < 4.78 is 16.0. The zero-order chi connectivity index (χ0) is 29.4. The molecule has 3 aromatic carbocycles. The Bertz CT molecular complexity index is 1610. The van der Waals surface area contributed by atoms with Crippen LogP contribution in [0.3, 0.4) is 0 Å². The predicted molar refractivity (Wildman–Crippen MR) is 157 cm³/mol. The number of carbonyl (C=O) groups excluding carboxylic acids is 3. The molecule has 212 valence electrons. The Morgan fingerprint density at radius 2 is 1.80 bits per heavy atom. The summed E-state index contributed by atoms with van der Waals surface area (Å²) in [6, 6.07) is 15.1. The van der Waals surface area contributed by atoms with E-state index < -0.39 is 35.1 Å². The van der Waals surface area contributed by atoms with Gasteiger partial charge in [0.1, 0.15) is 11.2 Å². The highest BCUT2D eigenvalue weighted by molar-refractivity contribution is 6.31. The van der Waals surface area contributed by atoms with Gasteiger partial charge in [0.15, 0.2) is 0 Å². The third kappa shape index (κ3) is 4.15. The summed E-state index contributed by atoms with van der Waals surface area (Å²) in [5.74, 6) is -2.68. The SMILES string of the molecule is CC(C)(C)CC1N2CN(c3ccc(C(N)=O)cc3)C(=O)C2C(c2cccc(Cl)c2F)C12C(=O)Nc1cc(Cl)ccc12. The Morgan fingerprint density at radius 1 is 1.10 bits per heavy atom. The third-order valence-corrected chi connectivity index (χ3v) is 9.08. The number of hydrogen-bond donors (Lipinski definition) is 2. The highest BCUT2D eigenvalue weighted by Gasteiger charge is 2.71. The van der Waals surface area contributed by atoms with Crippen LogP contribution in [0.15, 0.2) is 60.7 Å². The fraction of sp³-hybridized carbons (Fsp3) is 0.323. The van der Waals surface area contributed by atoms with Gasteiger partial charge >= 0.3 is 0 Å². The Kier molecular flexibility index (Phi) is 6.45. The topological polar surface area (TPSA) is 95.7 Å². The molecule has 4 unspecified atom stereocenters. The summed E-state index contributed by atoms with van der Waals surface area (Å²) in [5.41, 5.74) is 6.22. The molecule has 4 atom stereocenters. The fourth-order valence-electron chi connectivity index (χ4n) is 6.98. The maximum atomic E-state index is 16.0. The lowest BCUT2D eigenvalue weighted by atomic mass is 9.62. The molecule has 10 heteroatoms. The number of halogens is 3. The highest BCUT2D eigenvalue weighted by Crippen LogP contribution is 2.61. The number of benzene rings is 3. The summed E-state index contributed by atoms with van der Waals surface area (Å²) in [7, 11) is 0. The number of nitrogens with two attached hydrogens (primary N) is 1. The average Bonchev–Trinajstić information content (AvgIpc) is 3.48. The minimum absolute atomic E-state index is 0.0810. The fourth-order valence-corrected chi connectivity index (χ4v) is 7.34. The number of hydrogen-bond acceptors (Lipinski definition) is 4. The van der Waals surface area contributed by atoms with Crippen LogP contribution in [0.4, 0.5) is 15.8 Å². The largest absolute Gasteiger partial charge is 0.366 e. The van der Waals surface area contributed by atoms with Gasteiger partial charge in [-0.15, -0.1) is 0 Å². The molecule has 3 aromatic rings. The second kappa shape index (κ2) is 9.54. The van der Waals surface area contributed by atoms with Crippen molar-refractivity contribution in [1.29, 1.82) is 0 Å². The molecule has 3 heterocycles. The van der Waals surface area contributed by atoms with E-state index in [1.807, 2.05) is 11.0 Å². The van der Waals surface area contributed by atoms with E-state index in [-0.39, 0.29) is 34.5 Å². The molecule has 2 saturated heterocycles. The maximum Gasteiger partial charge on any atom is 0.248 e. The molecule has 3 amide bonds. The second-order valence-electron chi connectivity index (χ2n) is 12.2. The first-order chi connectivity index (χ1) is 19.3. The van der Waals surface area contributed by atoms with Gasteiger partial charge in [0.25, 0.3) is 0 Å². The van der Waals surface area contributed by atoms with Gasteiger partial charge in [-0.3, -0.25) is 24.2 Å². The van der Waals surface area contributed by atoms with Crippen molar-refractivity contribution in [3.63, 3.8) is 0 Å². The zero-order valence-corrected chi connectivity index (χ0v) is 24.3. The number of amides is 3. The van der Waals surface area contributed by atoms with Gasteiger partial charge in [-0.1, -0.05) is 62.2 Å². The molecule has 0 aromatic heterocycles. The average molecular weight is 596 g/mol. The maximum absolute atomic E-state index is 16.0. The van der Waals surface area contributed by atoms with Gasteiger partial charge in [0.05, 0.1) is 17.7 Å². The standard InChI is InChI=1S/C31H29Cl2FN4O3/c1-30(2,3)14-23-31(20-12-9-17(32)13-22(20)36-29(31)41)24(19-5-4-6-21(33)25(19)34)26-28(40)37(15-38(23)26)18-10-7-16(8-11-18)27(35)39/h4-13,23-24,26H,14-15H2,1-3H3,(H2,35,39)(H,36,41). The van der Waals surface area contributed by atoms with E-state index in [1.54, 1.807) is 53.4 Å². The van der Waals surface area contributed by atoms with Crippen molar-refractivity contribution in [1.82, 2.24) is 4.90 Å². The number of carbonyl (C=O) groups is 3. The van der Waals surface area contributed by atoms with Gasteiger partial charge in [0.2, 0.25) is 17.7 Å². The monoisotopic (exact) mass is 594 g/mol. The number of fused-ring (bicyclic) bond motifs is 3. The van der Waals surface area contributed by atoms with Crippen LogP contribution >= 0.6 is 23.2 Å². The lowest BCUT2D eigenvalue weighted by Gasteiger charge is -2.40. The van der Waals surface area contributed by atoms with Gasteiger partial charge in [-0.05, 0) is 65.4 Å². The number of nitrogens with zero attached hydrogens (tertiary/aromatic N) is 2. The first kappa shape index (κ1) is 27.7. The van der Waals surface area contributed by atoms with Crippen molar-refractivity contribution in [2.75, 3.05) is 16.9 Å². The Hall–Kier alpha value is -3.46. The van der Waals surface area contributed by atoms with Crippen LogP contribution in [-0.2, 0) is 15.0 Å². The molecule has 41 heavy (non-hydrogen) atoms. The van der Waals surface area contributed by atoms with Crippen LogP contribution in [0.2, 0.25) is 10.0 Å². The smallest absolute Gasteiger partial charge is 0.248 e. The van der Waals surface area contributed by atoms with Gasteiger partial charge in [-0.25, -0.2) is 4.39 Å². The van der Waals surface area contributed by atoms with Crippen LogP contribution in [0.5, 0.6) is 0 Å². The molecular formula is C31H29Cl2FN4O3. The van der Waals surface area contributed by atoms with Gasteiger partial charge in [0, 0.05) is 33.9 Å². The molecule has 3 aliphatic rings. The molecule has 0 bridgehead atoms. The zero-order valence-electron chi connectivity index (χ0n) is 22.8. The van der Waals surface area contributed by atoms with Crippen molar-refractivity contribution in [3.8, 4) is 0 Å². The summed E-state index contributed by atoms with van der Waals surface area (Å²) in [6.07, 6.45) is 0.541. The summed E-state index contributed by atoms with van der Waals surface area (Å²) >= 11 is 12.6. The van der Waals surface area contributed by atoms with Crippen LogP contribution < -0.4 is 16.0 Å². The Labute approximate surface area is 247 Å². The van der Waals surface area contributed by atoms with Crippen molar-refractivity contribution in [3.05, 3.63) is 93.2 Å². The van der Waals surface area contributed by atoms with Crippen molar-refractivity contribution < 1.29 is 18.8 Å². The molecule has 1 spiro atoms. The summed E-state index contributed by atoms with van der Waals surface area (Å²) in [6.45, 7) is 6.42. The van der Waals surface area contributed by atoms with Crippen LogP contribution in [0, 0.1) is 11.2 Å². The minimum atomic E-state index is -1.29. The molecule has 6 rings (SSSR count). The molecule has 0 aliphatic carbocycles. The Morgan fingerprint density at radius 3 is 2.46 bits per heavy atom. The van der Waals surface area contributed by atoms with E-state index in [1.165, 1.54) is 6.07 Å². The number of nitrogens with one attached hydrogen (secondary N) is 1. The predicted octanol–water partition coefficient (Wildman–Crippen LogP) is 5.70. The van der Waals surface area contributed by atoms with Crippen molar-refractivity contribution in [2.24, 2.45) is 11.1 Å². The molecule has 3 N–H and O–H groups in total. The molecule has 3 aliphatic heterocycles. The lowest BCUT2D eigenvalue weighted by molar-refractivity contribution is -0.122. The highest BCUT2D eigenvalue weighted by atomic mass is 35.5. The molecular weight excluding hydrogens is 566 g/mol. The lowest BCUT2D eigenvalue weighted by Crippen LogP contribution is -2.52. The van der Waals surface area contributed by atoms with Crippen LogP contribution in [-0.4, -0.2) is 41.4 Å². The van der Waals surface area contributed by atoms with E-state index in [0.717, 1.165) is 0 Å². The number of primary amides is 1. The third-order valence-electron chi connectivity index (χ3n) is 8.55.